The van der Waals surface area contributed by atoms with Gasteiger partial charge in [-0.1, -0.05) is 26.8 Å². The normalized spacial score (nSPS) is 9.71. The van der Waals surface area contributed by atoms with Gasteiger partial charge >= 0.3 is 0 Å². The molecule has 76 valence electrons. The number of hydrogen-bond acceptors (Lipinski definition) is 1. The van der Waals surface area contributed by atoms with Crippen molar-refractivity contribution in [2.45, 2.75) is 34.1 Å². The summed E-state index contributed by atoms with van der Waals surface area (Å²) in [5.74, 6) is 0.984. The molecule has 0 aliphatic rings. The molecule has 0 spiro atoms. The molecule has 2 aromatic rings. The predicted molar refractivity (Wildman–Crippen MR) is 61.7 cm³/mol. The van der Waals surface area contributed by atoms with Gasteiger partial charge < -0.3 is 4.42 Å². The first kappa shape index (κ1) is 10.8. The highest BCUT2D eigenvalue weighted by atomic mass is 16.3. The Morgan fingerprint density at radius 1 is 1.14 bits per heavy atom. The van der Waals surface area contributed by atoms with E-state index in [1.807, 2.05) is 26.8 Å². The Morgan fingerprint density at radius 2 is 1.86 bits per heavy atom. The number of furan rings is 1. The molecule has 2 rings (SSSR count). The van der Waals surface area contributed by atoms with Gasteiger partial charge in [-0.2, -0.15) is 0 Å². The van der Waals surface area contributed by atoms with Crippen LogP contribution in [0.2, 0.25) is 0 Å². The van der Waals surface area contributed by atoms with Crippen LogP contribution in [0.5, 0.6) is 0 Å². The van der Waals surface area contributed by atoms with E-state index in [-0.39, 0.29) is 0 Å². The van der Waals surface area contributed by atoms with Gasteiger partial charge in [-0.15, -0.1) is 0 Å². The largest absolute Gasteiger partial charge is 0.461 e. The lowest BCUT2D eigenvalue weighted by molar-refractivity contribution is 0.578. The molecule has 0 atom stereocenters. The van der Waals surface area contributed by atoms with Gasteiger partial charge in [-0.3, -0.25) is 0 Å². The minimum absolute atomic E-state index is 0.984. The fourth-order valence-electron chi connectivity index (χ4n) is 1.45. The summed E-state index contributed by atoms with van der Waals surface area (Å²) in [5, 5.41) is 1.21. The maximum atomic E-state index is 5.47. The Morgan fingerprint density at radius 3 is 2.50 bits per heavy atom. The van der Waals surface area contributed by atoms with E-state index >= 15 is 0 Å². The van der Waals surface area contributed by atoms with Crippen molar-refractivity contribution in [3.8, 4) is 0 Å². The zero-order valence-electron chi connectivity index (χ0n) is 9.42. The van der Waals surface area contributed by atoms with Crippen molar-refractivity contribution in [3.63, 3.8) is 0 Å². The van der Waals surface area contributed by atoms with Crippen LogP contribution >= 0.6 is 0 Å². The van der Waals surface area contributed by atoms with Crippen molar-refractivity contribution >= 4 is 11.0 Å². The van der Waals surface area contributed by atoms with Gasteiger partial charge in [0.15, 0.2) is 0 Å². The van der Waals surface area contributed by atoms with Gasteiger partial charge in [0.2, 0.25) is 0 Å². The molecule has 1 heterocycles. The van der Waals surface area contributed by atoms with Crippen LogP contribution in [0.25, 0.3) is 11.0 Å². The first-order valence-electron chi connectivity index (χ1n) is 5.28. The lowest BCUT2D eigenvalue weighted by atomic mass is 10.1. The number of fused-ring (bicyclic) bond motifs is 1. The van der Waals surface area contributed by atoms with Crippen molar-refractivity contribution in [2.75, 3.05) is 0 Å². The molecule has 0 unspecified atom stereocenters. The van der Waals surface area contributed by atoms with Crippen LogP contribution in [0.4, 0.5) is 0 Å². The third-order valence-electron chi connectivity index (χ3n) is 2.11. The van der Waals surface area contributed by atoms with Crippen molar-refractivity contribution in [1.29, 1.82) is 0 Å². The van der Waals surface area contributed by atoms with E-state index in [1.165, 1.54) is 10.9 Å². The van der Waals surface area contributed by atoms with E-state index in [9.17, 15) is 0 Å². The van der Waals surface area contributed by atoms with E-state index < -0.39 is 0 Å². The van der Waals surface area contributed by atoms with Crippen LogP contribution in [0.15, 0.2) is 28.7 Å². The summed E-state index contributed by atoms with van der Waals surface area (Å²) in [5.41, 5.74) is 2.35. The summed E-state index contributed by atoms with van der Waals surface area (Å²) in [6.07, 6.45) is 1.08. The molecule has 0 amide bonds. The third kappa shape index (κ3) is 2.16. The van der Waals surface area contributed by atoms with Gasteiger partial charge in [0.05, 0.1) is 0 Å². The van der Waals surface area contributed by atoms with Gasteiger partial charge in [0.1, 0.15) is 11.3 Å². The van der Waals surface area contributed by atoms with Crippen molar-refractivity contribution in [1.82, 2.24) is 0 Å². The second-order valence-electron chi connectivity index (χ2n) is 3.08. The molecule has 0 bridgehead atoms. The Kier molecular flexibility index (Phi) is 3.75. The quantitative estimate of drug-likeness (QED) is 0.652. The highest BCUT2D eigenvalue weighted by Crippen LogP contribution is 2.20. The molecule has 1 aromatic heterocycles. The summed E-state index contributed by atoms with van der Waals surface area (Å²) >= 11 is 0. The molecule has 0 saturated heterocycles. The summed E-state index contributed by atoms with van der Waals surface area (Å²) in [6, 6.07) is 8.42. The van der Waals surface area contributed by atoms with Crippen molar-refractivity contribution < 1.29 is 4.42 Å². The van der Waals surface area contributed by atoms with Gasteiger partial charge in [-0.25, -0.2) is 0 Å². The number of aryl methyl sites for hydroxylation is 2. The maximum absolute atomic E-state index is 5.47. The third-order valence-corrected chi connectivity index (χ3v) is 2.11. The first-order chi connectivity index (χ1) is 6.79. The SMILES string of the molecule is CC.CCc1ccc2oc(C)cc2c1. The molecular formula is C13H18O. The Hall–Kier alpha value is -1.24. The van der Waals surface area contributed by atoms with E-state index in [0.29, 0.717) is 0 Å². The molecule has 0 saturated carbocycles. The van der Waals surface area contributed by atoms with Crippen LogP contribution < -0.4 is 0 Å². The lowest BCUT2D eigenvalue weighted by Gasteiger charge is -1.93. The molecule has 14 heavy (non-hydrogen) atoms. The number of rotatable bonds is 1. The average Bonchev–Trinajstić information content (AvgIpc) is 2.59. The highest BCUT2D eigenvalue weighted by Gasteiger charge is 1.99. The molecule has 1 aromatic carbocycles. The van der Waals surface area contributed by atoms with Crippen molar-refractivity contribution in [2.24, 2.45) is 0 Å². The second-order valence-corrected chi connectivity index (χ2v) is 3.08. The monoisotopic (exact) mass is 190 g/mol. The summed E-state index contributed by atoms with van der Waals surface area (Å²) in [4.78, 5) is 0. The van der Waals surface area contributed by atoms with Crippen LogP contribution in [0.3, 0.4) is 0 Å². The van der Waals surface area contributed by atoms with Gasteiger partial charge in [0.25, 0.3) is 0 Å². The molecule has 1 heteroatoms. The van der Waals surface area contributed by atoms with E-state index in [0.717, 1.165) is 17.8 Å². The molecule has 0 aliphatic carbocycles. The smallest absolute Gasteiger partial charge is 0.134 e. The summed E-state index contributed by atoms with van der Waals surface area (Å²) < 4.78 is 5.47. The van der Waals surface area contributed by atoms with E-state index in [2.05, 4.69) is 25.1 Å². The molecule has 0 N–H and O–H groups in total. The molecular weight excluding hydrogens is 172 g/mol. The fraction of sp³-hybridized carbons (Fsp3) is 0.385. The Balaban J connectivity index is 0.000000461. The predicted octanol–water partition coefficient (Wildman–Crippen LogP) is 4.33. The van der Waals surface area contributed by atoms with Crippen LogP contribution in [0, 0.1) is 6.92 Å². The molecule has 1 nitrogen and oxygen atoms in total. The van der Waals surface area contributed by atoms with Gasteiger partial charge in [0, 0.05) is 5.39 Å². The van der Waals surface area contributed by atoms with Crippen LogP contribution in [-0.2, 0) is 6.42 Å². The highest BCUT2D eigenvalue weighted by molar-refractivity contribution is 5.78. The summed E-state index contributed by atoms with van der Waals surface area (Å²) in [6.45, 7) is 8.14. The summed E-state index contributed by atoms with van der Waals surface area (Å²) in [7, 11) is 0. The number of hydrogen-bond donors (Lipinski definition) is 0. The Labute approximate surface area is 85.7 Å². The Bertz CT molecular complexity index is 399. The lowest BCUT2D eigenvalue weighted by Crippen LogP contribution is -1.76. The average molecular weight is 190 g/mol. The van der Waals surface area contributed by atoms with Crippen molar-refractivity contribution in [3.05, 3.63) is 35.6 Å². The van der Waals surface area contributed by atoms with Crippen LogP contribution in [0.1, 0.15) is 32.1 Å². The molecule has 0 radical (unpaired) electrons. The second kappa shape index (κ2) is 4.85. The zero-order valence-corrected chi connectivity index (χ0v) is 9.42. The van der Waals surface area contributed by atoms with E-state index in [4.69, 9.17) is 4.42 Å². The molecule has 0 aliphatic heterocycles. The minimum atomic E-state index is 0.984. The topological polar surface area (TPSA) is 13.1 Å². The zero-order chi connectivity index (χ0) is 10.6. The minimum Gasteiger partial charge on any atom is -0.461 e. The van der Waals surface area contributed by atoms with E-state index in [1.54, 1.807) is 0 Å². The maximum Gasteiger partial charge on any atom is 0.134 e. The van der Waals surface area contributed by atoms with Crippen LogP contribution in [-0.4, -0.2) is 0 Å². The molecule has 0 fully saturated rings. The first-order valence-corrected chi connectivity index (χ1v) is 5.28. The standard InChI is InChI=1S/C11H12O.C2H6/c1-3-9-4-5-11-10(7-9)6-8(2)12-11;1-2/h4-7H,3H2,1-2H3;1-2H3. The number of benzene rings is 1. The van der Waals surface area contributed by atoms with Gasteiger partial charge in [-0.05, 0) is 37.1 Å². The fourth-order valence-corrected chi connectivity index (χ4v) is 1.45.